The van der Waals surface area contributed by atoms with Gasteiger partial charge in [-0.15, -0.1) is 0 Å². The van der Waals surface area contributed by atoms with Crippen molar-refractivity contribution in [2.45, 2.75) is 18.7 Å². The van der Waals surface area contributed by atoms with Gasteiger partial charge in [-0.3, -0.25) is 4.79 Å². The van der Waals surface area contributed by atoms with Crippen molar-refractivity contribution in [3.8, 4) is 0 Å². The van der Waals surface area contributed by atoms with Crippen LogP contribution in [0.5, 0.6) is 0 Å². The highest BCUT2D eigenvalue weighted by Crippen LogP contribution is 2.09. The van der Waals surface area contributed by atoms with Gasteiger partial charge in [-0.2, -0.15) is 16.7 Å². The third-order valence-corrected chi connectivity index (χ3v) is 2.58. The fourth-order valence-electron chi connectivity index (χ4n) is 0.851. The number of aromatic nitrogens is 2. The molecule has 0 saturated carbocycles. The maximum Gasteiger partial charge on any atom is 0.323 e. The van der Waals surface area contributed by atoms with E-state index in [1.807, 2.05) is 0 Å². The van der Waals surface area contributed by atoms with E-state index in [1.165, 1.54) is 18.2 Å². The molecule has 15 heavy (non-hydrogen) atoms. The van der Waals surface area contributed by atoms with Crippen LogP contribution in [0.15, 0.2) is 10.9 Å². The topological polar surface area (TPSA) is 91.2 Å². The quantitative estimate of drug-likeness (QED) is 0.699. The molecule has 1 atom stereocenters. The summed E-state index contributed by atoms with van der Waals surface area (Å²) in [6.45, 7) is 2.10. The molecular weight excluding hydrogens is 218 g/mol. The molecule has 1 aromatic heterocycles. The van der Waals surface area contributed by atoms with Gasteiger partial charge in [0.25, 0.3) is 0 Å². The molecule has 0 aliphatic carbocycles. The van der Waals surface area contributed by atoms with Gasteiger partial charge in [-0.25, -0.2) is 0 Å². The zero-order valence-electron chi connectivity index (χ0n) is 8.38. The van der Waals surface area contributed by atoms with Gasteiger partial charge in [-0.05, 0) is 6.92 Å². The lowest BCUT2D eigenvalue weighted by Gasteiger charge is -2.08. The van der Waals surface area contributed by atoms with Gasteiger partial charge >= 0.3 is 5.97 Å². The molecule has 0 spiro atoms. The predicted molar refractivity (Wildman–Crippen MR) is 55.1 cm³/mol. The smallest absolute Gasteiger partial charge is 0.323 e. The second-order valence-electron chi connectivity index (χ2n) is 2.72. The number of carbonyl (C=O) groups excluding carboxylic acids is 1. The van der Waals surface area contributed by atoms with Crippen molar-refractivity contribution in [2.24, 2.45) is 5.73 Å². The molecule has 1 aromatic rings. The van der Waals surface area contributed by atoms with Crippen LogP contribution in [-0.2, 0) is 15.3 Å². The summed E-state index contributed by atoms with van der Waals surface area (Å²) in [6.07, 6.45) is 1.27. The first-order valence-electron chi connectivity index (χ1n) is 4.49. The van der Waals surface area contributed by atoms with E-state index < -0.39 is 6.04 Å². The van der Waals surface area contributed by atoms with E-state index in [9.17, 15) is 4.79 Å². The fourth-order valence-corrected chi connectivity index (χ4v) is 1.67. The summed E-state index contributed by atoms with van der Waals surface area (Å²) in [5.74, 6) is 1.27. The Balaban J connectivity index is 2.17. The Morgan fingerprint density at radius 3 is 3.20 bits per heavy atom. The van der Waals surface area contributed by atoms with Gasteiger partial charge < -0.3 is 15.0 Å². The number of nitrogens with two attached hydrogens (primary N) is 1. The lowest BCUT2D eigenvalue weighted by atomic mass is 10.4. The molecular formula is C8H13N3O3S. The second kappa shape index (κ2) is 6.41. The van der Waals surface area contributed by atoms with Gasteiger partial charge in [0.1, 0.15) is 6.04 Å². The zero-order chi connectivity index (χ0) is 11.1. The van der Waals surface area contributed by atoms with Gasteiger partial charge in [0.15, 0.2) is 5.82 Å². The Morgan fingerprint density at radius 1 is 1.80 bits per heavy atom. The van der Waals surface area contributed by atoms with Crippen molar-refractivity contribution in [3.63, 3.8) is 0 Å². The van der Waals surface area contributed by atoms with E-state index >= 15 is 0 Å². The summed E-state index contributed by atoms with van der Waals surface area (Å²) in [7, 11) is 0. The molecule has 0 amide bonds. The van der Waals surface area contributed by atoms with Crippen molar-refractivity contribution < 1.29 is 14.1 Å². The average molecular weight is 231 g/mol. The number of ether oxygens (including phenoxy) is 1. The molecule has 2 N–H and O–H groups in total. The lowest BCUT2D eigenvalue weighted by molar-refractivity contribution is -0.144. The van der Waals surface area contributed by atoms with Gasteiger partial charge in [0.05, 0.1) is 12.4 Å². The largest absolute Gasteiger partial charge is 0.465 e. The highest BCUT2D eigenvalue weighted by atomic mass is 32.2. The predicted octanol–water partition coefficient (Wildman–Crippen LogP) is 0.193. The first-order valence-corrected chi connectivity index (χ1v) is 5.64. The van der Waals surface area contributed by atoms with Crippen LogP contribution in [0.1, 0.15) is 12.7 Å². The first kappa shape index (κ1) is 12.0. The molecule has 1 unspecified atom stereocenters. The number of hydrogen-bond acceptors (Lipinski definition) is 7. The highest BCUT2D eigenvalue weighted by molar-refractivity contribution is 7.98. The van der Waals surface area contributed by atoms with Gasteiger partial charge in [0, 0.05) is 5.75 Å². The van der Waals surface area contributed by atoms with E-state index in [0.717, 1.165) is 0 Å². The summed E-state index contributed by atoms with van der Waals surface area (Å²) in [5, 5.41) is 3.63. The van der Waals surface area contributed by atoms with E-state index in [2.05, 4.69) is 14.7 Å². The molecule has 7 heteroatoms. The number of thioether (sulfide) groups is 1. The molecule has 6 nitrogen and oxygen atoms in total. The maximum atomic E-state index is 11.1. The minimum absolute atomic E-state index is 0.349. The minimum Gasteiger partial charge on any atom is -0.465 e. The molecule has 84 valence electrons. The summed E-state index contributed by atoms with van der Waals surface area (Å²) in [5.41, 5.74) is 5.58. The molecule has 0 aliphatic rings. The van der Waals surface area contributed by atoms with Crippen LogP contribution in [0.3, 0.4) is 0 Å². The Morgan fingerprint density at radius 2 is 2.60 bits per heavy atom. The molecule has 0 aromatic carbocycles. The SMILES string of the molecule is CCOC(=O)C(N)CSCc1ncon1. The van der Waals surface area contributed by atoms with Crippen LogP contribution < -0.4 is 5.73 Å². The summed E-state index contributed by atoms with van der Waals surface area (Å²) >= 11 is 1.46. The van der Waals surface area contributed by atoms with Crippen LogP contribution in [0.25, 0.3) is 0 Å². The Bertz CT molecular complexity index is 291. The Labute approximate surface area is 91.5 Å². The third-order valence-electron chi connectivity index (χ3n) is 1.52. The summed E-state index contributed by atoms with van der Waals surface area (Å²) < 4.78 is 9.33. The van der Waals surface area contributed by atoms with Crippen LogP contribution in [0.2, 0.25) is 0 Å². The van der Waals surface area contributed by atoms with Crippen molar-refractivity contribution in [3.05, 3.63) is 12.2 Å². The molecule has 0 radical (unpaired) electrons. The molecule has 0 fully saturated rings. The normalized spacial score (nSPS) is 12.4. The van der Waals surface area contributed by atoms with Crippen LogP contribution in [0.4, 0.5) is 0 Å². The number of carbonyl (C=O) groups is 1. The Hall–Kier alpha value is -1.08. The van der Waals surface area contributed by atoms with E-state index in [1.54, 1.807) is 6.92 Å². The van der Waals surface area contributed by atoms with Gasteiger partial charge in [-0.1, -0.05) is 5.16 Å². The number of hydrogen-bond donors (Lipinski definition) is 1. The lowest BCUT2D eigenvalue weighted by Crippen LogP contribution is -2.34. The highest BCUT2D eigenvalue weighted by Gasteiger charge is 2.14. The van der Waals surface area contributed by atoms with Crippen LogP contribution in [0, 0.1) is 0 Å². The van der Waals surface area contributed by atoms with Crippen LogP contribution in [-0.4, -0.2) is 34.5 Å². The summed E-state index contributed by atoms with van der Waals surface area (Å²) in [6, 6.07) is -0.596. The van der Waals surface area contributed by atoms with Crippen molar-refractivity contribution in [1.29, 1.82) is 0 Å². The Kier molecular flexibility index (Phi) is 5.13. The average Bonchev–Trinajstić information content (AvgIpc) is 2.71. The van der Waals surface area contributed by atoms with E-state index in [-0.39, 0.29) is 5.97 Å². The number of rotatable bonds is 6. The fraction of sp³-hybridized carbons (Fsp3) is 0.625. The first-order chi connectivity index (χ1) is 7.24. The summed E-state index contributed by atoms with van der Waals surface area (Å²) in [4.78, 5) is 15.0. The maximum absolute atomic E-state index is 11.1. The van der Waals surface area contributed by atoms with Gasteiger partial charge in [0.2, 0.25) is 6.39 Å². The zero-order valence-corrected chi connectivity index (χ0v) is 9.20. The second-order valence-corrected chi connectivity index (χ2v) is 3.75. The molecule has 0 bridgehead atoms. The third kappa shape index (κ3) is 4.30. The minimum atomic E-state index is -0.596. The monoisotopic (exact) mass is 231 g/mol. The van der Waals surface area contributed by atoms with Crippen molar-refractivity contribution in [2.75, 3.05) is 12.4 Å². The standard InChI is InChI=1S/C8H13N3O3S/c1-2-13-8(12)6(9)3-15-4-7-10-5-14-11-7/h5-6H,2-4,9H2,1H3. The number of esters is 1. The van der Waals surface area contributed by atoms with Crippen molar-refractivity contribution in [1.82, 2.24) is 10.1 Å². The molecule has 1 heterocycles. The number of nitrogens with zero attached hydrogens (tertiary/aromatic N) is 2. The van der Waals surface area contributed by atoms with E-state index in [0.29, 0.717) is 23.9 Å². The molecule has 1 rings (SSSR count). The molecule has 0 aliphatic heterocycles. The van der Waals surface area contributed by atoms with E-state index in [4.69, 9.17) is 10.5 Å². The van der Waals surface area contributed by atoms with Crippen molar-refractivity contribution >= 4 is 17.7 Å². The molecule has 0 saturated heterocycles. The van der Waals surface area contributed by atoms with Crippen LogP contribution >= 0.6 is 11.8 Å².